The molecule has 0 saturated carbocycles. The summed E-state index contributed by atoms with van der Waals surface area (Å²) >= 11 is 1.46. The van der Waals surface area contributed by atoms with Crippen molar-refractivity contribution in [2.24, 2.45) is 5.73 Å². The number of hydrogen-bond acceptors (Lipinski definition) is 5. The minimum atomic E-state index is -0.970. The molecule has 3 N–H and O–H groups in total. The van der Waals surface area contributed by atoms with Gasteiger partial charge < -0.3 is 10.8 Å². The molecule has 7 heteroatoms. The molecule has 0 aliphatic rings. The van der Waals surface area contributed by atoms with Crippen LogP contribution in [0, 0.1) is 0 Å². The topological polar surface area (TPSA) is 94.0 Å². The van der Waals surface area contributed by atoms with Crippen LogP contribution in [0.1, 0.15) is 19.2 Å². The number of nitrogens with two attached hydrogens (primary N) is 1. The van der Waals surface area contributed by atoms with E-state index in [-0.39, 0.29) is 0 Å². The zero-order chi connectivity index (χ0) is 12.0. The first-order valence-corrected chi connectivity index (χ1v) is 6.23. The number of rotatable bonds is 7. The predicted molar refractivity (Wildman–Crippen MR) is 62.1 cm³/mol. The average Bonchev–Trinajstić information content (AvgIpc) is 2.66. The highest BCUT2D eigenvalue weighted by molar-refractivity contribution is 7.98. The van der Waals surface area contributed by atoms with Gasteiger partial charge in [-0.05, 0) is 6.42 Å². The number of hydrogen-bond donors (Lipinski definition) is 2. The predicted octanol–water partition coefficient (Wildman–Crippen LogP) is 0.333. The number of carboxylic acids is 1. The fraction of sp³-hybridized carbons (Fsp3) is 0.667. The molecule has 6 nitrogen and oxygen atoms in total. The summed E-state index contributed by atoms with van der Waals surface area (Å²) in [6.07, 6.45) is 2.51. The Morgan fingerprint density at radius 2 is 2.50 bits per heavy atom. The summed E-state index contributed by atoms with van der Waals surface area (Å²) in [5.41, 5.74) is 5.39. The van der Waals surface area contributed by atoms with Gasteiger partial charge in [-0.3, -0.25) is 4.79 Å². The van der Waals surface area contributed by atoms with Crippen molar-refractivity contribution < 1.29 is 9.90 Å². The molecule has 0 fully saturated rings. The Morgan fingerprint density at radius 3 is 3.12 bits per heavy atom. The average molecular weight is 244 g/mol. The van der Waals surface area contributed by atoms with Gasteiger partial charge >= 0.3 is 5.97 Å². The van der Waals surface area contributed by atoms with E-state index in [0.29, 0.717) is 11.5 Å². The largest absolute Gasteiger partial charge is 0.480 e. The number of aromatic nitrogens is 3. The van der Waals surface area contributed by atoms with Crippen molar-refractivity contribution in [3.05, 3.63) is 12.2 Å². The molecule has 1 rings (SSSR count). The van der Waals surface area contributed by atoms with Gasteiger partial charge in [0.05, 0.1) is 5.75 Å². The van der Waals surface area contributed by atoms with Crippen molar-refractivity contribution in [1.82, 2.24) is 14.8 Å². The van der Waals surface area contributed by atoms with E-state index in [1.807, 2.05) is 4.68 Å². The van der Waals surface area contributed by atoms with E-state index in [1.54, 1.807) is 0 Å². The van der Waals surface area contributed by atoms with Gasteiger partial charge in [-0.15, -0.1) is 0 Å². The zero-order valence-corrected chi connectivity index (χ0v) is 9.98. The van der Waals surface area contributed by atoms with Crippen LogP contribution in [-0.4, -0.2) is 37.6 Å². The first-order valence-electron chi connectivity index (χ1n) is 5.08. The molecule has 0 aromatic carbocycles. The van der Waals surface area contributed by atoms with E-state index >= 15 is 0 Å². The molecule has 0 aliphatic carbocycles. The molecule has 1 heterocycles. The van der Waals surface area contributed by atoms with E-state index < -0.39 is 12.0 Å². The summed E-state index contributed by atoms with van der Waals surface area (Å²) in [5, 5.41) is 12.7. The zero-order valence-electron chi connectivity index (χ0n) is 9.17. The molecule has 0 aliphatic heterocycles. The van der Waals surface area contributed by atoms with Crippen LogP contribution in [-0.2, 0) is 17.1 Å². The van der Waals surface area contributed by atoms with Gasteiger partial charge in [0.15, 0.2) is 0 Å². The van der Waals surface area contributed by atoms with Gasteiger partial charge in [0.2, 0.25) is 0 Å². The Morgan fingerprint density at radius 1 is 1.75 bits per heavy atom. The van der Waals surface area contributed by atoms with Crippen LogP contribution in [0.3, 0.4) is 0 Å². The molecule has 1 unspecified atom stereocenters. The maximum absolute atomic E-state index is 10.5. The molecule has 0 spiro atoms. The SMILES string of the molecule is CCCn1ncnc1CSCC(N)C(=O)O. The molecule has 0 radical (unpaired) electrons. The van der Waals surface area contributed by atoms with Crippen LogP contribution in [0.5, 0.6) is 0 Å². The summed E-state index contributed by atoms with van der Waals surface area (Å²) in [6, 6.07) is -0.812. The van der Waals surface area contributed by atoms with E-state index in [4.69, 9.17) is 10.8 Å². The Labute approximate surface area is 98.2 Å². The fourth-order valence-electron chi connectivity index (χ4n) is 1.15. The highest BCUT2D eigenvalue weighted by atomic mass is 32.2. The lowest BCUT2D eigenvalue weighted by Gasteiger charge is -2.06. The number of nitrogens with zero attached hydrogens (tertiary/aromatic N) is 3. The quantitative estimate of drug-likeness (QED) is 0.718. The molecule has 0 amide bonds. The van der Waals surface area contributed by atoms with Crippen molar-refractivity contribution in [3.63, 3.8) is 0 Å². The lowest BCUT2D eigenvalue weighted by atomic mass is 10.4. The summed E-state index contributed by atoms with van der Waals surface area (Å²) < 4.78 is 1.83. The van der Waals surface area contributed by atoms with Crippen LogP contribution in [0.25, 0.3) is 0 Å². The lowest BCUT2D eigenvalue weighted by molar-refractivity contribution is -0.137. The summed E-state index contributed by atoms with van der Waals surface area (Å²) in [5.74, 6) is 0.918. The first-order chi connectivity index (χ1) is 7.65. The molecule has 0 saturated heterocycles. The number of aryl methyl sites for hydroxylation is 1. The number of carbonyl (C=O) groups is 1. The van der Waals surface area contributed by atoms with E-state index in [2.05, 4.69) is 17.0 Å². The summed E-state index contributed by atoms with van der Waals surface area (Å²) in [7, 11) is 0. The lowest BCUT2D eigenvalue weighted by Crippen LogP contribution is -2.32. The molecular weight excluding hydrogens is 228 g/mol. The van der Waals surface area contributed by atoms with Crippen molar-refractivity contribution in [3.8, 4) is 0 Å². The molecule has 0 bridgehead atoms. The van der Waals surface area contributed by atoms with Gasteiger partial charge in [-0.25, -0.2) is 9.67 Å². The number of carboxylic acid groups (broad SMARTS) is 1. The third kappa shape index (κ3) is 3.82. The van der Waals surface area contributed by atoms with E-state index in [1.165, 1.54) is 18.1 Å². The van der Waals surface area contributed by atoms with Crippen molar-refractivity contribution in [2.45, 2.75) is 31.7 Å². The molecule has 1 aromatic rings. The molecular formula is C9H16N4O2S. The normalized spacial score (nSPS) is 12.6. The second-order valence-electron chi connectivity index (χ2n) is 3.36. The van der Waals surface area contributed by atoms with Crippen LogP contribution in [0.4, 0.5) is 0 Å². The maximum Gasteiger partial charge on any atom is 0.321 e. The summed E-state index contributed by atoms with van der Waals surface area (Å²) in [6.45, 7) is 2.90. The van der Waals surface area contributed by atoms with Crippen LogP contribution in [0.2, 0.25) is 0 Å². The minimum Gasteiger partial charge on any atom is -0.480 e. The van der Waals surface area contributed by atoms with Crippen LogP contribution in [0.15, 0.2) is 6.33 Å². The Kier molecular flexibility index (Phi) is 5.27. The van der Waals surface area contributed by atoms with Crippen molar-refractivity contribution >= 4 is 17.7 Å². The highest BCUT2D eigenvalue weighted by Gasteiger charge is 2.12. The Hall–Kier alpha value is -1.08. The number of thioether (sulfide) groups is 1. The van der Waals surface area contributed by atoms with E-state index in [9.17, 15) is 4.79 Å². The Bertz CT molecular complexity index is 342. The van der Waals surface area contributed by atoms with Crippen LogP contribution >= 0.6 is 11.8 Å². The third-order valence-corrected chi connectivity index (χ3v) is 3.03. The first kappa shape index (κ1) is 13.0. The molecule has 16 heavy (non-hydrogen) atoms. The minimum absolute atomic E-state index is 0.383. The molecule has 90 valence electrons. The maximum atomic E-state index is 10.5. The van der Waals surface area contributed by atoms with Crippen molar-refractivity contribution in [1.29, 1.82) is 0 Å². The molecule has 1 aromatic heterocycles. The standard InChI is InChI=1S/C9H16N4O2S/c1-2-3-13-8(11-6-12-13)5-16-4-7(10)9(14)15/h6-7H,2-5,10H2,1H3,(H,14,15). The second kappa shape index (κ2) is 6.49. The number of aliphatic carboxylic acids is 1. The highest BCUT2D eigenvalue weighted by Crippen LogP contribution is 2.10. The van der Waals surface area contributed by atoms with Gasteiger partial charge in [0.25, 0.3) is 0 Å². The smallest absolute Gasteiger partial charge is 0.321 e. The van der Waals surface area contributed by atoms with Crippen molar-refractivity contribution in [2.75, 3.05) is 5.75 Å². The van der Waals surface area contributed by atoms with Gasteiger partial charge in [-0.2, -0.15) is 16.9 Å². The fourth-order valence-corrected chi connectivity index (χ4v) is 2.07. The van der Waals surface area contributed by atoms with Gasteiger partial charge in [-0.1, -0.05) is 6.92 Å². The van der Waals surface area contributed by atoms with Gasteiger partial charge in [0.1, 0.15) is 18.2 Å². The van der Waals surface area contributed by atoms with E-state index in [0.717, 1.165) is 18.8 Å². The van der Waals surface area contributed by atoms with Crippen LogP contribution < -0.4 is 5.73 Å². The second-order valence-corrected chi connectivity index (χ2v) is 4.39. The molecule has 1 atom stereocenters. The third-order valence-electron chi connectivity index (χ3n) is 1.98. The monoisotopic (exact) mass is 244 g/mol. The Balaban J connectivity index is 2.36. The van der Waals surface area contributed by atoms with Gasteiger partial charge in [0, 0.05) is 12.3 Å². The summed E-state index contributed by atoms with van der Waals surface area (Å²) in [4.78, 5) is 14.6.